The second-order valence-corrected chi connectivity index (χ2v) is 6.02. The summed E-state index contributed by atoms with van der Waals surface area (Å²) in [7, 11) is 0. The van der Waals surface area contributed by atoms with Crippen LogP contribution in [-0.4, -0.2) is 37.7 Å². The summed E-state index contributed by atoms with van der Waals surface area (Å²) in [6, 6.07) is 14.3. The van der Waals surface area contributed by atoms with Crippen LogP contribution in [0.3, 0.4) is 0 Å². The molecule has 0 radical (unpaired) electrons. The summed E-state index contributed by atoms with van der Waals surface area (Å²) in [4.78, 5) is 23.4. The van der Waals surface area contributed by atoms with Gasteiger partial charge in [-0.3, -0.25) is 9.59 Å². The molecule has 0 aliphatic carbocycles. The van der Waals surface area contributed by atoms with Crippen molar-refractivity contribution in [3.63, 3.8) is 0 Å². The van der Waals surface area contributed by atoms with E-state index in [1.54, 1.807) is 31.2 Å². The van der Waals surface area contributed by atoms with E-state index < -0.39 is 0 Å². The smallest absolute Gasteiger partial charge is 0.258 e. The maximum absolute atomic E-state index is 12.0. The minimum absolute atomic E-state index is 0.0823. The predicted molar refractivity (Wildman–Crippen MR) is 100 cm³/mol. The number of ether oxygens (including phenoxy) is 3. The largest absolute Gasteiger partial charge is 0.486 e. The van der Waals surface area contributed by atoms with Gasteiger partial charge in [-0.15, -0.1) is 0 Å². The van der Waals surface area contributed by atoms with Crippen LogP contribution in [0.4, 0.5) is 5.69 Å². The fourth-order valence-corrected chi connectivity index (χ4v) is 2.50. The Balaban J connectivity index is 1.43. The van der Waals surface area contributed by atoms with Crippen LogP contribution >= 0.6 is 0 Å². The van der Waals surface area contributed by atoms with Crippen LogP contribution in [0, 0.1) is 0 Å². The predicted octanol–water partition coefficient (Wildman–Crippen LogP) is 2.37. The number of hydrogen-bond donors (Lipinski definition) is 2. The van der Waals surface area contributed by atoms with Gasteiger partial charge < -0.3 is 24.8 Å². The molecule has 2 amide bonds. The molecule has 0 unspecified atom stereocenters. The van der Waals surface area contributed by atoms with Gasteiger partial charge in [0.15, 0.2) is 18.1 Å². The lowest BCUT2D eigenvalue weighted by Crippen LogP contribution is -2.42. The van der Waals surface area contributed by atoms with Crippen LogP contribution in [0.25, 0.3) is 0 Å². The molecule has 1 atom stereocenters. The molecule has 1 aliphatic rings. The number of para-hydroxylation sites is 2. The first-order valence-corrected chi connectivity index (χ1v) is 8.82. The number of carbonyl (C=O) groups is 2. The van der Waals surface area contributed by atoms with Gasteiger partial charge in [-0.2, -0.15) is 0 Å². The van der Waals surface area contributed by atoms with Crippen molar-refractivity contribution >= 4 is 17.5 Å². The van der Waals surface area contributed by atoms with E-state index in [9.17, 15) is 9.59 Å². The van der Waals surface area contributed by atoms with E-state index in [0.717, 1.165) is 0 Å². The number of anilines is 1. The topological polar surface area (TPSA) is 85.9 Å². The number of carbonyl (C=O) groups excluding carboxylic acids is 2. The first-order chi connectivity index (χ1) is 13.1. The third kappa shape index (κ3) is 5.37. The molecule has 7 nitrogen and oxygen atoms in total. The van der Waals surface area contributed by atoms with Crippen molar-refractivity contribution in [1.29, 1.82) is 0 Å². The van der Waals surface area contributed by atoms with Gasteiger partial charge >= 0.3 is 0 Å². The molecule has 2 N–H and O–H groups in total. The summed E-state index contributed by atoms with van der Waals surface area (Å²) in [6.45, 7) is 2.34. The Morgan fingerprint density at radius 3 is 2.74 bits per heavy atom. The fraction of sp³-hybridized carbons (Fsp3) is 0.300. The Labute approximate surface area is 157 Å². The molecule has 1 heterocycles. The van der Waals surface area contributed by atoms with Gasteiger partial charge in [0.2, 0.25) is 5.91 Å². The lowest BCUT2D eigenvalue weighted by molar-refractivity contribution is -0.123. The summed E-state index contributed by atoms with van der Waals surface area (Å²) in [6.07, 6.45) is 0.140. The molecule has 142 valence electrons. The molecule has 27 heavy (non-hydrogen) atoms. The molecule has 0 aromatic heterocycles. The van der Waals surface area contributed by atoms with Crippen molar-refractivity contribution in [3.05, 3.63) is 48.5 Å². The van der Waals surface area contributed by atoms with E-state index in [4.69, 9.17) is 14.2 Å². The summed E-state index contributed by atoms with van der Waals surface area (Å²) in [5.41, 5.74) is 0.631. The zero-order valence-electron chi connectivity index (χ0n) is 15.1. The van der Waals surface area contributed by atoms with Crippen molar-refractivity contribution in [3.8, 4) is 17.2 Å². The van der Waals surface area contributed by atoms with Gasteiger partial charge in [-0.25, -0.2) is 0 Å². The lowest BCUT2D eigenvalue weighted by atomic mass is 10.2. The van der Waals surface area contributed by atoms with Gasteiger partial charge in [0.05, 0.1) is 6.54 Å². The Bertz CT molecular complexity index is 808. The van der Waals surface area contributed by atoms with Gasteiger partial charge in [-0.05, 0) is 24.3 Å². The molecule has 2 aromatic rings. The normalized spacial score (nSPS) is 14.9. The van der Waals surface area contributed by atoms with Gasteiger partial charge in [0.1, 0.15) is 18.5 Å². The average Bonchev–Trinajstić information content (AvgIpc) is 2.70. The quantitative estimate of drug-likeness (QED) is 0.782. The third-order valence-corrected chi connectivity index (χ3v) is 3.90. The Kier molecular flexibility index (Phi) is 6.14. The summed E-state index contributed by atoms with van der Waals surface area (Å²) >= 11 is 0. The van der Waals surface area contributed by atoms with Crippen LogP contribution in [0.15, 0.2) is 48.5 Å². The van der Waals surface area contributed by atoms with E-state index >= 15 is 0 Å². The van der Waals surface area contributed by atoms with Crippen molar-refractivity contribution in [2.45, 2.75) is 19.4 Å². The van der Waals surface area contributed by atoms with E-state index in [1.807, 2.05) is 24.3 Å². The zero-order chi connectivity index (χ0) is 19.1. The monoisotopic (exact) mass is 370 g/mol. The Morgan fingerprint density at radius 1 is 1.11 bits per heavy atom. The molecule has 0 fully saturated rings. The van der Waals surface area contributed by atoms with E-state index in [-0.39, 0.29) is 24.5 Å². The zero-order valence-corrected chi connectivity index (χ0v) is 15.1. The Hall–Kier alpha value is -3.22. The fourth-order valence-electron chi connectivity index (χ4n) is 2.50. The van der Waals surface area contributed by atoms with Crippen LogP contribution in [0.5, 0.6) is 17.2 Å². The van der Waals surface area contributed by atoms with E-state index in [0.29, 0.717) is 42.5 Å². The van der Waals surface area contributed by atoms with Crippen LogP contribution in [0.2, 0.25) is 0 Å². The minimum Gasteiger partial charge on any atom is -0.486 e. The number of amides is 2. The number of rotatable bonds is 7. The number of fused-ring (bicyclic) bond motifs is 1. The average molecular weight is 370 g/mol. The molecule has 0 bridgehead atoms. The van der Waals surface area contributed by atoms with Gasteiger partial charge in [0.25, 0.3) is 5.91 Å². The van der Waals surface area contributed by atoms with E-state index in [1.165, 1.54) is 0 Å². The highest BCUT2D eigenvalue weighted by molar-refractivity contribution is 5.90. The molecule has 7 heteroatoms. The number of hydrogen-bond acceptors (Lipinski definition) is 5. The molecular formula is C20H22N2O5. The van der Waals surface area contributed by atoms with Crippen LogP contribution in [0.1, 0.15) is 13.3 Å². The maximum Gasteiger partial charge on any atom is 0.258 e. The maximum atomic E-state index is 12.0. The number of benzene rings is 2. The van der Waals surface area contributed by atoms with Gasteiger partial charge in [-0.1, -0.05) is 25.1 Å². The third-order valence-electron chi connectivity index (χ3n) is 3.90. The van der Waals surface area contributed by atoms with Gasteiger partial charge in [0, 0.05) is 18.2 Å². The molecule has 3 rings (SSSR count). The van der Waals surface area contributed by atoms with Crippen molar-refractivity contribution in [2.24, 2.45) is 0 Å². The second kappa shape index (κ2) is 8.93. The highest BCUT2D eigenvalue weighted by atomic mass is 16.6. The van der Waals surface area contributed by atoms with Crippen LogP contribution < -0.4 is 24.8 Å². The highest BCUT2D eigenvalue weighted by Gasteiger charge is 2.21. The lowest BCUT2D eigenvalue weighted by Gasteiger charge is -2.26. The summed E-state index contributed by atoms with van der Waals surface area (Å²) < 4.78 is 16.9. The molecule has 0 spiro atoms. The van der Waals surface area contributed by atoms with Crippen LogP contribution in [-0.2, 0) is 9.59 Å². The molecular weight excluding hydrogens is 348 g/mol. The summed E-state index contributed by atoms with van der Waals surface area (Å²) in [5, 5.41) is 5.52. The molecule has 2 aromatic carbocycles. The SMILES string of the molecule is CCC(=O)Nc1cccc(OCC(=O)NC[C@H]2COc3ccccc3O2)c1. The van der Waals surface area contributed by atoms with Crippen molar-refractivity contribution < 1.29 is 23.8 Å². The number of nitrogens with one attached hydrogen (secondary N) is 2. The second-order valence-electron chi connectivity index (χ2n) is 6.02. The minimum atomic E-state index is -0.263. The first kappa shape index (κ1) is 18.6. The summed E-state index contributed by atoms with van der Waals surface area (Å²) in [5.74, 6) is 1.54. The molecule has 1 aliphatic heterocycles. The highest BCUT2D eigenvalue weighted by Crippen LogP contribution is 2.30. The Morgan fingerprint density at radius 2 is 1.93 bits per heavy atom. The van der Waals surface area contributed by atoms with Crippen molar-refractivity contribution in [2.75, 3.05) is 25.1 Å². The first-order valence-electron chi connectivity index (χ1n) is 8.82. The standard InChI is InChI=1S/C20H22N2O5/c1-2-19(23)22-14-6-5-7-15(10-14)25-13-20(24)21-11-16-12-26-17-8-3-4-9-18(17)27-16/h3-10,16H,2,11-13H2,1H3,(H,21,24)(H,22,23)/t16-/m0/s1. The molecule has 0 saturated carbocycles. The van der Waals surface area contributed by atoms with Crippen molar-refractivity contribution in [1.82, 2.24) is 5.32 Å². The van der Waals surface area contributed by atoms with E-state index in [2.05, 4.69) is 10.6 Å². The molecule has 0 saturated heterocycles.